The molecule has 0 spiro atoms. The van der Waals surface area contributed by atoms with E-state index in [1.54, 1.807) is 0 Å². The number of carbonyl (C=O) groups excluding carboxylic acids is 1. The minimum Gasteiger partial charge on any atom is -0.486 e. The van der Waals surface area contributed by atoms with Gasteiger partial charge < -0.3 is 9.15 Å². The average Bonchev–Trinajstić information content (AvgIpc) is 3.13. The van der Waals surface area contributed by atoms with Gasteiger partial charge in [0.1, 0.15) is 12.4 Å². The molecule has 1 aromatic heterocycles. The van der Waals surface area contributed by atoms with Crippen molar-refractivity contribution in [2.24, 2.45) is 23.2 Å². The van der Waals surface area contributed by atoms with E-state index in [4.69, 9.17) is 9.15 Å². The van der Waals surface area contributed by atoms with E-state index in [-0.39, 0.29) is 12.0 Å². The number of benzene rings is 1. The van der Waals surface area contributed by atoms with Crippen LogP contribution in [0.25, 0.3) is 11.5 Å². The number of carbonyl (C=O) groups is 1. The van der Waals surface area contributed by atoms with E-state index in [2.05, 4.69) is 10.2 Å². The number of ether oxygens (including phenoxy) is 1. The van der Waals surface area contributed by atoms with Crippen LogP contribution in [0.5, 0.6) is 5.75 Å². The molecular formula is C20H22N2O3. The van der Waals surface area contributed by atoms with Crippen LogP contribution in [0, 0.1) is 23.2 Å². The lowest BCUT2D eigenvalue weighted by Gasteiger charge is -2.55. The molecule has 0 radical (unpaired) electrons. The zero-order valence-corrected chi connectivity index (χ0v) is 14.2. The summed E-state index contributed by atoms with van der Waals surface area (Å²) in [7, 11) is 0. The first kappa shape index (κ1) is 15.1. The molecule has 25 heavy (non-hydrogen) atoms. The minimum atomic E-state index is -0.0849. The maximum Gasteiger partial charge on any atom is 0.247 e. The number of rotatable bonds is 5. The molecule has 4 aliphatic rings. The molecule has 4 saturated carbocycles. The highest BCUT2D eigenvalue weighted by Crippen LogP contribution is 2.60. The standard InChI is InChI=1S/C20H22N2O3/c23-18(20-8-13-5-14(9-20)7-15(6-13)10-20)11-24-17-3-1-16(2-4-17)19-22-21-12-25-19/h1-4,12-15H,5-11H2. The van der Waals surface area contributed by atoms with Crippen molar-refractivity contribution in [3.63, 3.8) is 0 Å². The molecule has 5 heteroatoms. The Labute approximate surface area is 146 Å². The van der Waals surface area contributed by atoms with E-state index in [1.165, 1.54) is 25.7 Å². The van der Waals surface area contributed by atoms with Gasteiger partial charge in [0.15, 0.2) is 5.78 Å². The molecule has 4 aliphatic carbocycles. The lowest BCUT2D eigenvalue weighted by Crippen LogP contribution is -2.51. The zero-order chi connectivity index (χ0) is 16.9. The van der Waals surface area contributed by atoms with Crippen LogP contribution in [-0.4, -0.2) is 22.6 Å². The van der Waals surface area contributed by atoms with Gasteiger partial charge in [0.25, 0.3) is 0 Å². The first-order valence-corrected chi connectivity index (χ1v) is 9.23. The van der Waals surface area contributed by atoms with Gasteiger partial charge in [0, 0.05) is 11.0 Å². The third-order valence-electron chi connectivity index (χ3n) is 6.46. The summed E-state index contributed by atoms with van der Waals surface area (Å²) in [6, 6.07) is 7.45. The van der Waals surface area contributed by atoms with E-state index in [1.807, 2.05) is 24.3 Å². The van der Waals surface area contributed by atoms with E-state index in [0.29, 0.717) is 17.4 Å². The normalized spacial score (nSPS) is 32.7. The van der Waals surface area contributed by atoms with E-state index in [9.17, 15) is 4.79 Å². The fraction of sp³-hybridized carbons (Fsp3) is 0.550. The van der Waals surface area contributed by atoms with Crippen LogP contribution in [0.3, 0.4) is 0 Å². The molecule has 0 saturated heterocycles. The SMILES string of the molecule is O=C(COc1ccc(-c2nnco2)cc1)C12CC3CC(CC(C3)C1)C2. The molecule has 1 aromatic carbocycles. The highest BCUT2D eigenvalue weighted by Gasteiger charge is 2.54. The van der Waals surface area contributed by atoms with Crippen LogP contribution < -0.4 is 4.74 Å². The molecule has 4 fully saturated rings. The van der Waals surface area contributed by atoms with Crippen molar-refractivity contribution in [1.29, 1.82) is 0 Å². The lowest BCUT2D eigenvalue weighted by atomic mass is 9.48. The van der Waals surface area contributed by atoms with Crippen molar-refractivity contribution in [3.05, 3.63) is 30.7 Å². The van der Waals surface area contributed by atoms with Crippen molar-refractivity contribution >= 4 is 5.78 Å². The molecule has 1 heterocycles. The second-order valence-electron chi connectivity index (χ2n) is 8.18. The van der Waals surface area contributed by atoms with Crippen LogP contribution in [0.1, 0.15) is 38.5 Å². The molecule has 0 unspecified atom stereocenters. The molecular weight excluding hydrogens is 316 g/mol. The van der Waals surface area contributed by atoms with E-state index in [0.717, 1.165) is 42.6 Å². The highest BCUT2D eigenvalue weighted by atomic mass is 16.5. The number of nitrogens with zero attached hydrogens (tertiary/aromatic N) is 2. The van der Waals surface area contributed by atoms with Gasteiger partial charge in [-0.2, -0.15) is 0 Å². The predicted molar refractivity (Wildman–Crippen MR) is 90.8 cm³/mol. The Bertz CT molecular complexity index is 731. The second-order valence-corrected chi connectivity index (χ2v) is 8.18. The summed E-state index contributed by atoms with van der Waals surface area (Å²) in [5.41, 5.74) is 0.760. The van der Waals surface area contributed by atoms with Gasteiger partial charge in [-0.05, 0) is 80.5 Å². The summed E-state index contributed by atoms with van der Waals surface area (Å²) in [6.07, 6.45) is 8.65. The summed E-state index contributed by atoms with van der Waals surface area (Å²) in [4.78, 5) is 13.0. The van der Waals surface area contributed by atoms with Crippen LogP contribution in [0.2, 0.25) is 0 Å². The Morgan fingerprint density at radius 1 is 1.08 bits per heavy atom. The van der Waals surface area contributed by atoms with E-state index >= 15 is 0 Å². The molecule has 0 atom stereocenters. The molecule has 0 amide bonds. The van der Waals surface area contributed by atoms with E-state index < -0.39 is 0 Å². The first-order valence-electron chi connectivity index (χ1n) is 9.23. The Balaban J connectivity index is 1.25. The molecule has 4 bridgehead atoms. The van der Waals surface area contributed by atoms with Crippen LogP contribution in [0.4, 0.5) is 0 Å². The number of hydrogen-bond acceptors (Lipinski definition) is 5. The van der Waals surface area contributed by atoms with Crippen molar-refractivity contribution in [2.45, 2.75) is 38.5 Å². The predicted octanol–water partition coefficient (Wildman–Crippen LogP) is 3.90. The summed E-state index contributed by atoms with van der Waals surface area (Å²) in [6.45, 7) is 0.187. The average molecular weight is 338 g/mol. The van der Waals surface area contributed by atoms with Crippen LogP contribution >= 0.6 is 0 Å². The second kappa shape index (κ2) is 5.68. The minimum absolute atomic E-state index is 0.0849. The van der Waals surface area contributed by atoms with Crippen molar-refractivity contribution in [2.75, 3.05) is 6.61 Å². The Kier molecular flexibility index (Phi) is 3.43. The van der Waals surface area contributed by atoms with Crippen molar-refractivity contribution in [3.8, 4) is 17.2 Å². The number of Topliss-reactive ketones (excluding diaryl/α,β-unsaturated/α-hetero) is 1. The Hall–Kier alpha value is -2.17. The third kappa shape index (κ3) is 2.66. The van der Waals surface area contributed by atoms with Gasteiger partial charge in [-0.1, -0.05) is 0 Å². The van der Waals surface area contributed by atoms with Gasteiger partial charge >= 0.3 is 0 Å². The summed E-state index contributed by atoms with van der Waals surface area (Å²) in [5.74, 6) is 3.85. The number of aromatic nitrogens is 2. The lowest BCUT2D eigenvalue weighted by molar-refractivity contribution is -0.145. The number of hydrogen-bond donors (Lipinski definition) is 0. The molecule has 2 aromatic rings. The maximum atomic E-state index is 13.0. The van der Waals surface area contributed by atoms with Crippen molar-refractivity contribution in [1.82, 2.24) is 10.2 Å². The quantitative estimate of drug-likeness (QED) is 0.827. The number of ketones is 1. The fourth-order valence-corrected chi connectivity index (χ4v) is 5.75. The smallest absolute Gasteiger partial charge is 0.247 e. The molecule has 6 rings (SSSR count). The van der Waals surface area contributed by atoms with Gasteiger partial charge in [-0.3, -0.25) is 4.79 Å². The first-order chi connectivity index (χ1) is 12.2. The van der Waals surface area contributed by atoms with Gasteiger partial charge in [0.05, 0.1) is 0 Å². The summed E-state index contributed by atoms with van der Waals surface area (Å²) >= 11 is 0. The van der Waals surface area contributed by atoms with Gasteiger partial charge in [-0.25, -0.2) is 0 Å². The fourth-order valence-electron chi connectivity index (χ4n) is 5.75. The van der Waals surface area contributed by atoms with Gasteiger partial charge in [0.2, 0.25) is 12.3 Å². The Morgan fingerprint density at radius 3 is 2.28 bits per heavy atom. The maximum absolute atomic E-state index is 13.0. The van der Waals surface area contributed by atoms with Gasteiger partial charge in [-0.15, -0.1) is 10.2 Å². The monoisotopic (exact) mass is 338 g/mol. The highest BCUT2D eigenvalue weighted by molar-refractivity contribution is 5.86. The van der Waals surface area contributed by atoms with Crippen molar-refractivity contribution < 1.29 is 13.9 Å². The summed E-state index contributed by atoms with van der Waals surface area (Å²) in [5, 5.41) is 7.56. The molecule has 0 aliphatic heterocycles. The topological polar surface area (TPSA) is 65.2 Å². The Morgan fingerprint density at radius 2 is 1.72 bits per heavy atom. The zero-order valence-electron chi connectivity index (χ0n) is 14.2. The van der Waals surface area contributed by atoms with Crippen LogP contribution in [0.15, 0.2) is 35.1 Å². The molecule has 0 N–H and O–H groups in total. The third-order valence-corrected chi connectivity index (χ3v) is 6.46. The largest absolute Gasteiger partial charge is 0.486 e. The summed E-state index contributed by atoms with van der Waals surface area (Å²) < 4.78 is 11.0. The molecule has 130 valence electrons. The van der Waals surface area contributed by atoms with Crippen LogP contribution in [-0.2, 0) is 4.79 Å². The molecule has 5 nitrogen and oxygen atoms in total.